The van der Waals surface area contributed by atoms with Crippen molar-refractivity contribution in [1.29, 1.82) is 0 Å². The number of nitrogens with one attached hydrogen (secondary N) is 1. The summed E-state index contributed by atoms with van der Waals surface area (Å²) in [6.45, 7) is 0.971. The average Bonchev–Trinajstić information content (AvgIpc) is 3.13. The van der Waals surface area contributed by atoms with Crippen molar-refractivity contribution in [3.63, 3.8) is 0 Å². The highest BCUT2D eigenvalue weighted by Crippen LogP contribution is 2.31. The number of hydrogen-bond donors (Lipinski definition) is 2. The van der Waals surface area contributed by atoms with Gasteiger partial charge >= 0.3 is 0 Å². The largest absolute Gasteiger partial charge is 0.493 e. The van der Waals surface area contributed by atoms with Crippen LogP contribution in [-0.2, 0) is 4.74 Å². The molecule has 0 radical (unpaired) electrons. The number of fused-ring (bicyclic) bond motifs is 2. The molecule has 10 heteroatoms. The Balaban J connectivity index is 1.83. The van der Waals surface area contributed by atoms with E-state index in [0.717, 1.165) is 0 Å². The second kappa shape index (κ2) is 10.2. The first-order chi connectivity index (χ1) is 16.6. The third-order valence-electron chi connectivity index (χ3n) is 5.26. The molecule has 1 amide bonds. The summed E-state index contributed by atoms with van der Waals surface area (Å²) in [6.07, 6.45) is 2.25. The number of nitrogen functional groups attached to an aromatic ring is 1. The molecular weight excluding hydrogens is 436 g/mol. The van der Waals surface area contributed by atoms with E-state index in [1.165, 1.54) is 4.68 Å². The lowest BCUT2D eigenvalue weighted by Gasteiger charge is -2.09. The number of carbonyl (C=O) groups excluding carboxylic acids is 1. The van der Waals surface area contributed by atoms with Gasteiger partial charge in [-0.25, -0.2) is 9.97 Å². The number of para-hydroxylation sites is 3. The molecule has 0 fully saturated rings. The Kier molecular flexibility index (Phi) is 6.88. The van der Waals surface area contributed by atoms with Crippen molar-refractivity contribution in [3.05, 3.63) is 53.6 Å². The number of ether oxygens (including phenoxy) is 3. The van der Waals surface area contributed by atoms with Crippen LogP contribution in [0.2, 0.25) is 0 Å². The highest BCUT2D eigenvalue weighted by atomic mass is 16.5. The van der Waals surface area contributed by atoms with Crippen molar-refractivity contribution in [2.45, 2.75) is 6.42 Å². The summed E-state index contributed by atoms with van der Waals surface area (Å²) < 4.78 is 17.3. The van der Waals surface area contributed by atoms with Gasteiger partial charge in [0.05, 0.1) is 31.5 Å². The second-order valence-corrected chi connectivity index (χ2v) is 7.39. The number of amides is 1. The van der Waals surface area contributed by atoms with Crippen LogP contribution in [-0.4, -0.2) is 61.2 Å². The van der Waals surface area contributed by atoms with Crippen molar-refractivity contribution in [2.75, 3.05) is 40.2 Å². The van der Waals surface area contributed by atoms with Crippen molar-refractivity contribution < 1.29 is 19.0 Å². The normalized spacial score (nSPS) is 11.4. The van der Waals surface area contributed by atoms with Crippen LogP contribution in [0.15, 0.2) is 47.6 Å². The van der Waals surface area contributed by atoms with Crippen LogP contribution >= 0.6 is 0 Å². The number of methoxy groups -OCH3 is 3. The fourth-order valence-electron chi connectivity index (χ4n) is 3.63. The van der Waals surface area contributed by atoms with Crippen LogP contribution in [0.1, 0.15) is 22.3 Å². The van der Waals surface area contributed by atoms with E-state index >= 15 is 0 Å². The number of nitrogens with two attached hydrogens (primary N) is 1. The molecule has 2 heterocycles. The number of benzene rings is 2. The van der Waals surface area contributed by atoms with E-state index in [1.807, 2.05) is 36.4 Å². The molecule has 2 aromatic carbocycles. The van der Waals surface area contributed by atoms with Crippen molar-refractivity contribution >= 4 is 40.1 Å². The molecular formula is C24H26N6O4. The molecule has 34 heavy (non-hydrogen) atoms. The second-order valence-electron chi connectivity index (χ2n) is 7.39. The van der Waals surface area contributed by atoms with E-state index < -0.39 is 0 Å². The quantitative estimate of drug-likeness (QED) is 0.289. The van der Waals surface area contributed by atoms with Gasteiger partial charge in [0.1, 0.15) is 16.9 Å². The highest BCUT2D eigenvalue weighted by molar-refractivity contribution is 6.10. The minimum absolute atomic E-state index is 0.132. The van der Waals surface area contributed by atoms with Crippen molar-refractivity contribution in [1.82, 2.24) is 20.0 Å². The zero-order valence-electron chi connectivity index (χ0n) is 19.2. The van der Waals surface area contributed by atoms with Crippen molar-refractivity contribution in [3.8, 4) is 11.5 Å². The van der Waals surface area contributed by atoms with Crippen LogP contribution in [0, 0.1) is 0 Å². The van der Waals surface area contributed by atoms with Gasteiger partial charge in [-0.05, 0) is 30.7 Å². The third-order valence-corrected chi connectivity index (χ3v) is 5.26. The lowest BCUT2D eigenvalue weighted by molar-refractivity contribution is 0.0951. The molecule has 4 aromatic rings. The number of aromatic nitrogens is 3. The van der Waals surface area contributed by atoms with E-state index in [-0.39, 0.29) is 17.3 Å². The Hall–Kier alpha value is -4.18. The fourth-order valence-corrected chi connectivity index (χ4v) is 3.63. The Labute approximate surface area is 196 Å². The third kappa shape index (κ3) is 4.35. The van der Waals surface area contributed by atoms with Crippen LogP contribution in [0.5, 0.6) is 11.5 Å². The topological polar surface area (TPSA) is 126 Å². The fraction of sp³-hybridized carbons (Fsp3) is 0.250. The van der Waals surface area contributed by atoms with Crippen LogP contribution < -0.4 is 20.5 Å². The summed E-state index contributed by atoms with van der Waals surface area (Å²) in [4.78, 5) is 22.4. The molecule has 0 aliphatic rings. The molecule has 0 saturated carbocycles. The number of hydrogen-bond acceptors (Lipinski definition) is 8. The van der Waals surface area contributed by atoms with Gasteiger partial charge in [0.25, 0.3) is 5.91 Å². The number of carbonyl (C=O) groups is 1. The standard InChI is InChI=1S/C24H26N6O4/c1-32-13-7-12-26-24(31)19-20-23(29-17-10-5-4-9-16(17)28-20)30(22(19)25)27-14-15-8-6-11-18(33-2)21(15)34-3/h4-6,8-11,14H,7,12-13,25H2,1-3H3,(H,26,31)/b27-14+. The summed E-state index contributed by atoms with van der Waals surface area (Å²) in [5, 5.41) is 7.40. The molecule has 0 aliphatic heterocycles. The van der Waals surface area contributed by atoms with Gasteiger partial charge in [-0.2, -0.15) is 9.78 Å². The summed E-state index contributed by atoms with van der Waals surface area (Å²) in [5.41, 5.74) is 9.38. The average molecular weight is 463 g/mol. The predicted octanol–water partition coefficient (Wildman–Crippen LogP) is 2.83. The Bertz CT molecular complexity index is 1360. The van der Waals surface area contributed by atoms with Gasteiger partial charge in [0, 0.05) is 25.8 Å². The Morgan fingerprint density at radius 2 is 1.85 bits per heavy atom. The molecule has 0 aliphatic carbocycles. The van der Waals surface area contributed by atoms with E-state index in [9.17, 15) is 4.79 Å². The van der Waals surface area contributed by atoms with E-state index in [4.69, 9.17) is 24.9 Å². The maximum atomic E-state index is 13.0. The molecule has 4 rings (SSSR count). The molecule has 0 spiro atoms. The number of nitrogens with zero attached hydrogens (tertiary/aromatic N) is 4. The smallest absolute Gasteiger partial charge is 0.257 e. The predicted molar refractivity (Wildman–Crippen MR) is 131 cm³/mol. The molecule has 176 valence electrons. The maximum Gasteiger partial charge on any atom is 0.257 e. The van der Waals surface area contributed by atoms with Gasteiger partial charge < -0.3 is 25.3 Å². The minimum atomic E-state index is -0.351. The van der Waals surface area contributed by atoms with Gasteiger partial charge in [-0.3, -0.25) is 4.79 Å². The van der Waals surface area contributed by atoms with Gasteiger partial charge in [0.2, 0.25) is 0 Å². The summed E-state index contributed by atoms with van der Waals surface area (Å²) in [7, 11) is 4.73. The van der Waals surface area contributed by atoms with Crippen LogP contribution in [0.4, 0.5) is 5.82 Å². The summed E-state index contributed by atoms with van der Waals surface area (Å²) >= 11 is 0. The molecule has 0 saturated heterocycles. The monoisotopic (exact) mass is 462 g/mol. The molecule has 0 atom stereocenters. The molecule has 10 nitrogen and oxygen atoms in total. The van der Waals surface area contributed by atoms with Gasteiger partial charge in [-0.15, -0.1) is 0 Å². The highest BCUT2D eigenvalue weighted by Gasteiger charge is 2.24. The van der Waals surface area contributed by atoms with Crippen LogP contribution in [0.3, 0.4) is 0 Å². The first-order valence-electron chi connectivity index (χ1n) is 10.7. The first kappa shape index (κ1) is 23.0. The van der Waals surface area contributed by atoms with E-state index in [1.54, 1.807) is 33.6 Å². The summed E-state index contributed by atoms with van der Waals surface area (Å²) in [6, 6.07) is 12.9. The zero-order chi connectivity index (χ0) is 24.1. The van der Waals surface area contributed by atoms with Gasteiger partial charge in [-0.1, -0.05) is 18.2 Å². The number of anilines is 1. The summed E-state index contributed by atoms with van der Waals surface area (Å²) in [5.74, 6) is 0.874. The Morgan fingerprint density at radius 1 is 1.09 bits per heavy atom. The number of rotatable bonds is 9. The molecule has 0 unspecified atom stereocenters. The lowest BCUT2D eigenvalue weighted by atomic mass is 10.2. The van der Waals surface area contributed by atoms with E-state index in [0.29, 0.717) is 58.8 Å². The molecule has 2 aromatic heterocycles. The lowest BCUT2D eigenvalue weighted by Crippen LogP contribution is -2.26. The first-order valence-corrected chi connectivity index (χ1v) is 10.7. The van der Waals surface area contributed by atoms with Crippen molar-refractivity contribution in [2.24, 2.45) is 5.10 Å². The molecule has 0 bridgehead atoms. The zero-order valence-corrected chi connectivity index (χ0v) is 19.2. The van der Waals surface area contributed by atoms with E-state index in [2.05, 4.69) is 15.4 Å². The maximum absolute atomic E-state index is 13.0. The molecule has 3 N–H and O–H groups in total. The minimum Gasteiger partial charge on any atom is -0.493 e. The van der Waals surface area contributed by atoms with Crippen LogP contribution in [0.25, 0.3) is 22.2 Å². The van der Waals surface area contributed by atoms with Gasteiger partial charge in [0.15, 0.2) is 17.1 Å². The Morgan fingerprint density at radius 3 is 2.56 bits per heavy atom. The SMILES string of the molecule is COCCCNC(=O)c1c(N)n(/N=C/c2cccc(OC)c2OC)c2nc3ccccc3nc12.